The number of hydrogen-bond acceptors (Lipinski definition) is 3. The lowest BCUT2D eigenvalue weighted by Gasteiger charge is -2.29. The summed E-state index contributed by atoms with van der Waals surface area (Å²) < 4.78 is 0. The number of hydrogen-bond donors (Lipinski definition) is 2. The molecule has 2 unspecified atom stereocenters. The molecule has 1 aromatic rings. The van der Waals surface area contributed by atoms with Crippen LogP contribution in [0.15, 0.2) is 24.3 Å². The third-order valence-corrected chi connectivity index (χ3v) is 3.57. The first-order chi connectivity index (χ1) is 8.20. The van der Waals surface area contributed by atoms with Crippen molar-refractivity contribution in [3.63, 3.8) is 0 Å². The third kappa shape index (κ3) is 2.93. The van der Waals surface area contributed by atoms with Gasteiger partial charge in [-0.1, -0.05) is 24.3 Å². The zero-order valence-corrected chi connectivity index (χ0v) is 10.3. The Balaban J connectivity index is 2.01. The first kappa shape index (κ1) is 12.3. The van der Waals surface area contributed by atoms with Crippen molar-refractivity contribution in [2.24, 2.45) is 11.7 Å². The average molecular weight is 232 g/mol. The van der Waals surface area contributed by atoms with E-state index < -0.39 is 0 Å². The standard InChI is InChI=1S/C14H20N2O/c1-10(17)12-3-5-13(6-4-12)14-7-2-11(8-15)9-16-14/h3-6,11,14,16H,2,7-9,15H2,1H3. The number of rotatable bonds is 3. The van der Waals surface area contributed by atoms with E-state index in [4.69, 9.17) is 5.73 Å². The summed E-state index contributed by atoms with van der Waals surface area (Å²) in [5.74, 6) is 0.735. The molecular formula is C14H20N2O. The molecule has 0 radical (unpaired) electrons. The van der Waals surface area contributed by atoms with Crippen LogP contribution in [0.4, 0.5) is 0 Å². The molecule has 1 aliphatic heterocycles. The van der Waals surface area contributed by atoms with Crippen molar-refractivity contribution in [2.45, 2.75) is 25.8 Å². The molecule has 1 aliphatic rings. The van der Waals surface area contributed by atoms with Crippen molar-refractivity contribution in [1.29, 1.82) is 0 Å². The lowest BCUT2D eigenvalue weighted by Crippen LogP contribution is -2.36. The van der Waals surface area contributed by atoms with E-state index in [1.54, 1.807) is 6.92 Å². The molecule has 1 heterocycles. The lowest BCUT2D eigenvalue weighted by atomic mass is 9.90. The number of carbonyl (C=O) groups excluding carboxylic acids is 1. The summed E-state index contributed by atoms with van der Waals surface area (Å²) in [4.78, 5) is 11.2. The number of benzene rings is 1. The fourth-order valence-corrected chi connectivity index (χ4v) is 2.35. The van der Waals surface area contributed by atoms with Crippen LogP contribution in [0.1, 0.15) is 41.7 Å². The molecule has 0 aromatic heterocycles. The summed E-state index contributed by atoms with van der Waals surface area (Å²) in [6.07, 6.45) is 2.31. The number of nitrogens with one attached hydrogen (secondary N) is 1. The Kier molecular flexibility index (Phi) is 3.92. The predicted octanol–water partition coefficient (Wildman–Crippen LogP) is 1.89. The molecule has 1 aromatic carbocycles. The highest BCUT2D eigenvalue weighted by atomic mass is 16.1. The molecule has 17 heavy (non-hydrogen) atoms. The van der Waals surface area contributed by atoms with E-state index in [0.29, 0.717) is 12.0 Å². The van der Waals surface area contributed by atoms with Crippen molar-refractivity contribution in [3.05, 3.63) is 35.4 Å². The van der Waals surface area contributed by atoms with E-state index >= 15 is 0 Å². The average Bonchev–Trinajstić information content (AvgIpc) is 2.39. The van der Waals surface area contributed by atoms with Crippen molar-refractivity contribution in [2.75, 3.05) is 13.1 Å². The molecule has 0 bridgehead atoms. The zero-order chi connectivity index (χ0) is 12.3. The summed E-state index contributed by atoms with van der Waals surface area (Å²) in [6, 6.07) is 8.34. The fourth-order valence-electron chi connectivity index (χ4n) is 2.35. The van der Waals surface area contributed by atoms with E-state index in [1.807, 2.05) is 12.1 Å². The second kappa shape index (κ2) is 5.43. The predicted molar refractivity (Wildman–Crippen MR) is 69.0 cm³/mol. The Morgan fingerprint density at radius 2 is 2.06 bits per heavy atom. The molecule has 92 valence electrons. The fraction of sp³-hybridized carbons (Fsp3) is 0.500. The van der Waals surface area contributed by atoms with Gasteiger partial charge >= 0.3 is 0 Å². The van der Waals surface area contributed by atoms with Gasteiger partial charge in [0.1, 0.15) is 0 Å². The van der Waals surface area contributed by atoms with Crippen LogP contribution in [-0.2, 0) is 0 Å². The number of ketones is 1. The summed E-state index contributed by atoms with van der Waals surface area (Å²) in [6.45, 7) is 3.36. The van der Waals surface area contributed by atoms with E-state index in [1.165, 1.54) is 12.0 Å². The molecule has 2 rings (SSSR count). The molecule has 0 aliphatic carbocycles. The minimum absolute atomic E-state index is 0.122. The number of nitrogens with two attached hydrogens (primary N) is 1. The van der Waals surface area contributed by atoms with Gasteiger partial charge in [-0.05, 0) is 44.3 Å². The highest BCUT2D eigenvalue weighted by molar-refractivity contribution is 5.94. The van der Waals surface area contributed by atoms with Crippen LogP contribution in [0.3, 0.4) is 0 Å². The van der Waals surface area contributed by atoms with Gasteiger partial charge in [0.15, 0.2) is 5.78 Å². The van der Waals surface area contributed by atoms with Crippen LogP contribution in [-0.4, -0.2) is 18.9 Å². The van der Waals surface area contributed by atoms with E-state index in [-0.39, 0.29) is 5.78 Å². The van der Waals surface area contributed by atoms with E-state index in [9.17, 15) is 4.79 Å². The Hall–Kier alpha value is -1.19. The van der Waals surface area contributed by atoms with E-state index in [0.717, 1.165) is 25.1 Å². The van der Waals surface area contributed by atoms with Gasteiger partial charge in [-0.25, -0.2) is 0 Å². The van der Waals surface area contributed by atoms with Crippen LogP contribution < -0.4 is 11.1 Å². The van der Waals surface area contributed by atoms with Crippen LogP contribution in [0.5, 0.6) is 0 Å². The van der Waals surface area contributed by atoms with Gasteiger partial charge in [0, 0.05) is 11.6 Å². The maximum absolute atomic E-state index is 11.2. The smallest absolute Gasteiger partial charge is 0.159 e. The van der Waals surface area contributed by atoms with Gasteiger partial charge in [-0.3, -0.25) is 4.79 Å². The summed E-state index contributed by atoms with van der Waals surface area (Å²) in [7, 11) is 0. The second-order valence-corrected chi connectivity index (χ2v) is 4.82. The van der Waals surface area contributed by atoms with Gasteiger partial charge in [0.05, 0.1) is 0 Å². The molecule has 0 amide bonds. The van der Waals surface area contributed by atoms with Crippen LogP contribution in [0.2, 0.25) is 0 Å². The molecule has 1 fully saturated rings. The quantitative estimate of drug-likeness (QED) is 0.782. The van der Waals surface area contributed by atoms with Crippen LogP contribution in [0.25, 0.3) is 0 Å². The van der Waals surface area contributed by atoms with Crippen molar-refractivity contribution in [1.82, 2.24) is 5.32 Å². The highest BCUT2D eigenvalue weighted by Crippen LogP contribution is 2.25. The van der Waals surface area contributed by atoms with Crippen molar-refractivity contribution >= 4 is 5.78 Å². The highest BCUT2D eigenvalue weighted by Gasteiger charge is 2.20. The minimum atomic E-state index is 0.122. The van der Waals surface area contributed by atoms with Gasteiger partial charge in [-0.15, -0.1) is 0 Å². The van der Waals surface area contributed by atoms with Gasteiger partial charge < -0.3 is 11.1 Å². The van der Waals surface area contributed by atoms with Crippen LogP contribution in [0, 0.1) is 5.92 Å². The molecule has 3 nitrogen and oxygen atoms in total. The topological polar surface area (TPSA) is 55.1 Å². The molecule has 3 heteroatoms. The molecule has 0 saturated carbocycles. The molecule has 1 saturated heterocycles. The Labute approximate surface area is 102 Å². The maximum atomic E-state index is 11.2. The molecule has 3 N–H and O–H groups in total. The van der Waals surface area contributed by atoms with Gasteiger partial charge in [-0.2, -0.15) is 0 Å². The SMILES string of the molecule is CC(=O)c1ccc(C2CCC(CN)CN2)cc1. The summed E-state index contributed by atoms with van der Waals surface area (Å²) >= 11 is 0. The zero-order valence-electron chi connectivity index (χ0n) is 10.3. The Morgan fingerprint density at radius 1 is 1.35 bits per heavy atom. The molecule has 2 atom stereocenters. The molecule has 0 spiro atoms. The van der Waals surface area contributed by atoms with E-state index in [2.05, 4.69) is 17.4 Å². The minimum Gasteiger partial charge on any atom is -0.330 e. The summed E-state index contributed by atoms with van der Waals surface area (Å²) in [5, 5.41) is 3.52. The first-order valence-corrected chi connectivity index (χ1v) is 6.25. The molecular weight excluding hydrogens is 212 g/mol. The number of Topliss-reactive ketones (excluding diaryl/α,β-unsaturated/α-hetero) is 1. The monoisotopic (exact) mass is 232 g/mol. The largest absolute Gasteiger partial charge is 0.330 e. The number of piperidine rings is 1. The normalized spacial score (nSPS) is 24.6. The lowest BCUT2D eigenvalue weighted by molar-refractivity contribution is 0.101. The first-order valence-electron chi connectivity index (χ1n) is 6.25. The second-order valence-electron chi connectivity index (χ2n) is 4.82. The summed E-state index contributed by atoms with van der Waals surface area (Å²) in [5.41, 5.74) is 7.71. The Bertz CT molecular complexity index is 378. The Morgan fingerprint density at radius 3 is 2.53 bits per heavy atom. The maximum Gasteiger partial charge on any atom is 0.159 e. The third-order valence-electron chi connectivity index (χ3n) is 3.57. The van der Waals surface area contributed by atoms with Crippen LogP contribution >= 0.6 is 0 Å². The van der Waals surface area contributed by atoms with Gasteiger partial charge in [0.25, 0.3) is 0 Å². The van der Waals surface area contributed by atoms with Crippen molar-refractivity contribution < 1.29 is 4.79 Å². The van der Waals surface area contributed by atoms with Crippen molar-refractivity contribution in [3.8, 4) is 0 Å². The van der Waals surface area contributed by atoms with Gasteiger partial charge in [0.2, 0.25) is 0 Å². The number of carbonyl (C=O) groups is 1.